The number of rotatable bonds is 8. The highest BCUT2D eigenvalue weighted by Gasteiger charge is 2.10. The quantitative estimate of drug-likeness (QED) is 0.615. The molecular formula is C22H25FN2O. The van der Waals surface area contributed by atoms with Gasteiger partial charge in [-0.2, -0.15) is 0 Å². The summed E-state index contributed by atoms with van der Waals surface area (Å²) < 4.78 is 19.9. The van der Waals surface area contributed by atoms with Crippen molar-refractivity contribution in [1.82, 2.24) is 10.2 Å². The Labute approximate surface area is 154 Å². The van der Waals surface area contributed by atoms with Gasteiger partial charge in [0.2, 0.25) is 0 Å². The van der Waals surface area contributed by atoms with E-state index in [2.05, 4.69) is 42.5 Å². The van der Waals surface area contributed by atoms with E-state index in [9.17, 15) is 4.39 Å². The lowest BCUT2D eigenvalue weighted by Gasteiger charge is -2.16. The van der Waals surface area contributed by atoms with Crippen LogP contribution in [0.3, 0.4) is 0 Å². The average Bonchev–Trinajstić information content (AvgIpc) is 2.65. The standard InChI is InChI=1S/C22H25FN2O/c1-25(2)14-13-24-15-20-19-9-5-3-7-17(19)11-12-22(20)26-16-18-8-4-6-10-21(18)23/h3-12,24H,13-16H2,1-2H3. The van der Waals surface area contributed by atoms with Crippen LogP contribution in [0, 0.1) is 5.82 Å². The Balaban J connectivity index is 1.81. The summed E-state index contributed by atoms with van der Waals surface area (Å²) in [5.41, 5.74) is 1.67. The lowest BCUT2D eigenvalue weighted by molar-refractivity contribution is 0.296. The Morgan fingerprint density at radius 1 is 0.962 bits per heavy atom. The molecule has 0 saturated heterocycles. The first-order chi connectivity index (χ1) is 12.6. The van der Waals surface area contributed by atoms with Gasteiger partial charge < -0.3 is 15.0 Å². The first-order valence-electron chi connectivity index (χ1n) is 8.87. The molecule has 0 spiro atoms. The largest absolute Gasteiger partial charge is 0.488 e. The van der Waals surface area contributed by atoms with Crippen molar-refractivity contribution in [2.45, 2.75) is 13.2 Å². The van der Waals surface area contributed by atoms with Gasteiger partial charge in [-0.05, 0) is 37.0 Å². The number of halogens is 1. The molecule has 0 radical (unpaired) electrons. The smallest absolute Gasteiger partial charge is 0.129 e. The van der Waals surface area contributed by atoms with Gasteiger partial charge in [0, 0.05) is 30.8 Å². The van der Waals surface area contributed by atoms with Gasteiger partial charge in [-0.25, -0.2) is 4.39 Å². The number of hydrogen-bond donors (Lipinski definition) is 1. The predicted molar refractivity (Wildman–Crippen MR) is 105 cm³/mol. The molecule has 4 heteroatoms. The number of fused-ring (bicyclic) bond motifs is 1. The first-order valence-corrected chi connectivity index (χ1v) is 8.87. The van der Waals surface area contributed by atoms with E-state index in [0.29, 0.717) is 12.1 Å². The zero-order valence-electron chi connectivity index (χ0n) is 15.3. The number of benzene rings is 3. The van der Waals surface area contributed by atoms with Crippen LogP contribution in [0.1, 0.15) is 11.1 Å². The van der Waals surface area contributed by atoms with Gasteiger partial charge in [-0.1, -0.05) is 48.5 Å². The third kappa shape index (κ3) is 4.59. The van der Waals surface area contributed by atoms with Gasteiger partial charge in [0.05, 0.1) is 0 Å². The maximum Gasteiger partial charge on any atom is 0.129 e. The van der Waals surface area contributed by atoms with Crippen molar-refractivity contribution in [1.29, 1.82) is 0 Å². The normalized spacial score (nSPS) is 11.2. The van der Waals surface area contributed by atoms with Crippen molar-refractivity contribution < 1.29 is 9.13 Å². The van der Waals surface area contributed by atoms with Crippen molar-refractivity contribution in [2.24, 2.45) is 0 Å². The topological polar surface area (TPSA) is 24.5 Å². The molecule has 0 amide bonds. The Morgan fingerprint density at radius 3 is 2.54 bits per heavy atom. The molecule has 0 bridgehead atoms. The Morgan fingerprint density at radius 2 is 1.73 bits per heavy atom. The van der Waals surface area contributed by atoms with E-state index >= 15 is 0 Å². The minimum Gasteiger partial charge on any atom is -0.488 e. The van der Waals surface area contributed by atoms with Crippen molar-refractivity contribution in [3.05, 3.63) is 77.6 Å². The van der Waals surface area contributed by atoms with E-state index < -0.39 is 0 Å². The zero-order chi connectivity index (χ0) is 18.4. The average molecular weight is 352 g/mol. The number of nitrogens with zero attached hydrogens (tertiary/aromatic N) is 1. The van der Waals surface area contributed by atoms with E-state index in [1.807, 2.05) is 24.3 Å². The zero-order valence-corrected chi connectivity index (χ0v) is 15.3. The number of hydrogen-bond acceptors (Lipinski definition) is 3. The number of ether oxygens (including phenoxy) is 1. The molecule has 0 aliphatic carbocycles. The van der Waals surface area contributed by atoms with Gasteiger partial charge in [0.15, 0.2) is 0 Å². The maximum absolute atomic E-state index is 13.9. The van der Waals surface area contributed by atoms with Crippen LogP contribution >= 0.6 is 0 Å². The Bertz CT molecular complexity index is 864. The highest BCUT2D eigenvalue weighted by Crippen LogP contribution is 2.29. The molecule has 3 aromatic rings. The van der Waals surface area contributed by atoms with Crippen molar-refractivity contribution in [3.63, 3.8) is 0 Å². The molecule has 26 heavy (non-hydrogen) atoms. The number of nitrogens with one attached hydrogen (secondary N) is 1. The summed E-state index contributed by atoms with van der Waals surface area (Å²) in [5, 5.41) is 5.82. The van der Waals surface area contributed by atoms with Crippen molar-refractivity contribution in [2.75, 3.05) is 27.2 Å². The molecule has 0 unspecified atom stereocenters. The van der Waals surface area contributed by atoms with E-state index in [1.54, 1.807) is 12.1 Å². The summed E-state index contributed by atoms with van der Waals surface area (Å²) in [6.45, 7) is 2.79. The van der Waals surface area contributed by atoms with Gasteiger partial charge in [0.25, 0.3) is 0 Å². The minimum atomic E-state index is -0.237. The fraction of sp³-hybridized carbons (Fsp3) is 0.273. The van der Waals surface area contributed by atoms with Crippen molar-refractivity contribution in [3.8, 4) is 5.75 Å². The van der Waals surface area contributed by atoms with Crippen molar-refractivity contribution >= 4 is 10.8 Å². The van der Waals surface area contributed by atoms with E-state index in [-0.39, 0.29) is 12.4 Å². The third-order valence-electron chi connectivity index (χ3n) is 4.38. The predicted octanol–water partition coefficient (Wildman–Crippen LogP) is 4.21. The molecule has 0 fully saturated rings. The summed E-state index contributed by atoms with van der Waals surface area (Å²) in [4.78, 5) is 2.14. The fourth-order valence-electron chi connectivity index (χ4n) is 2.92. The second-order valence-electron chi connectivity index (χ2n) is 6.62. The summed E-state index contributed by atoms with van der Waals surface area (Å²) in [5.74, 6) is 0.559. The third-order valence-corrected chi connectivity index (χ3v) is 4.38. The van der Waals surface area contributed by atoms with Gasteiger partial charge in [-0.15, -0.1) is 0 Å². The van der Waals surface area contributed by atoms with Crippen LogP contribution in [-0.2, 0) is 13.2 Å². The van der Waals surface area contributed by atoms with Gasteiger partial charge >= 0.3 is 0 Å². The van der Waals surface area contributed by atoms with Crippen LogP contribution in [0.2, 0.25) is 0 Å². The SMILES string of the molecule is CN(C)CCNCc1c(OCc2ccccc2F)ccc2ccccc12. The van der Waals surface area contributed by atoms with Crippen LogP contribution in [0.4, 0.5) is 4.39 Å². The molecule has 0 atom stereocenters. The lowest BCUT2D eigenvalue weighted by Crippen LogP contribution is -2.26. The molecular weight excluding hydrogens is 327 g/mol. The van der Waals surface area contributed by atoms with Crippen LogP contribution in [-0.4, -0.2) is 32.1 Å². The summed E-state index contributed by atoms with van der Waals surface area (Å²) in [7, 11) is 4.12. The summed E-state index contributed by atoms with van der Waals surface area (Å²) in [6, 6.07) is 19.0. The highest BCUT2D eigenvalue weighted by molar-refractivity contribution is 5.87. The molecule has 0 aliphatic heterocycles. The van der Waals surface area contributed by atoms with E-state index in [4.69, 9.17) is 4.74 Å². The van der Waals surface area contributed by atoms with Gasteiger partial charge in [0.1, 0.15) is 18.2 Å². The molecule has 136 valence electrons. The van der Waals surface area contributed by atoms with Gasteiger partial charge in [-0.3, -0.25) is 0 Å². The van der Waals surface area contributed by atoms with Crippen LogP contribution in [0.25, 0.3) is 10.8 Å². The molecule has 0 aromatic heterocycles. The first kappa shape index (κ1) is 18.4. The molecule has 1 N–H and O–H groups in total. The summed E-state index contributed by atoms with van der Waals surface area (Å²) >= 11 is 0. The molecule has 0 saturated carbocycles. The fourth-order valence-corrected chi connectivity index (χ4v) is 2.92. The number of likely N-dealkylation sites (N-methyl/N-ethyl adjacent to an activating group) is 1. The molecule has 0 aliphatic rings. The molecule has 3 aromatic carbocycles. The molecule has 3 rings (SSSR count). The highest BCUT2D eigenvalue weighted by atomic mass is 19.1. The monoisotopic (exact) mass is 352 g/mol. The molecule has 0 heterocycles. The second-order valence-corrected chi connectivity index (χ2v) is 6.62. The summed E-state index contributed by atoms with van der Waals surface area (Å²) in [6.07, 6.45) is 0. The Hall–Kier alpha value is -2.43. The second kappa shape index (κ2) is 8.79. The van der Waals surface area contributed by atoms with E-state index in [0.717, 1.165) is 29.8 Å². The maximum atomic E-state index is 13.9. The lowest BCUT2D eigenvalue weighted by atomic mass is 10.0. The molecule has 3 nitrogen and oxygen atoms in total. The van der Waals surface area contributed by atoms with Crippen LogP contribution in [0.15, 0.2) is 60.7 Å². The van der Waals surface area contributed by atoms with E-state index in [1.165, 1.54) is 11.5 Å². The minimum absolute atomic E-state index is 0.218. The Kier molecular flexibility index (Phi) is 6.21. The van der Waals surface area contributed by atoms with Crippen LogP contribution in [0.5, 0.6) is 5.75 Å². The van der Waals surface area contributed by atoms with Crippen LogP contribution < -0.4 is 10.1 Å².